The number of nitrogens with zero attached hydrogens (tertiary/aromatic N) is 4. The Morgan fingerprint density at radius 2 is 1.75 bits per heavy atom. The van der Waals surface area contributed by atoms with E-state index in [1.54, 1.807) is 6.33 Å². The van der Waals surface area contributed by atoms with Gasteiger partial charge in [0.1, 0.15) is 12.0 Å². The summed E-state index contributed by atoms with van der Waals surface area (Å²) in [6.45, 7) is 0. The SMILES string of the molecule is CN(C)c1ccc(-c2nc3nc[nH]n3c2Nc2ccccc2)cc1. The summed E-state index contributed by atoms with van der Waals surface area (Å²) in [6, 6.07) is 18.4. The van der Waals surface area contributed by atoms with Crippen molar-refractivity contribution in [1.29, 1.82) is 0 Å². The molecule has 120 valence electrons. The number of hydrogen-bond acceptors (Lipinski definition) is 4. The maximum absolute atomic E-state index is 4.66. The van der Waals surface area contributed by atoms with Gasteiger partial charge in [0.15, 0.2) is 5.82 Å². The summed E-state index contributed by atoms with van der Waals surface area (Å²) < 4.78 is 1.85. The number of imidazole rings is 1. The van der Waals surface area contributed by atoms with Crippen LogP contribution in [-0.2, 0) is 0 Å². The molecule has 2 aromatic heterocycles. The minimum Gasteiger partial charge on any atom is -0.378 e. The molecule has 0 atom stereocenters. The van der Waals surface area contributed by atoms with Gasteiger partial charge in [-0.3, -0.25) is 5.10 Å². The molecule has 6 heteroatoms. The molecule has 0 radical (unpaired) electrons. The Hall–Kier alpha value is -3.28. The van der Waals surface area contributed by atoms with Crippen LogP contribution in [0.1, 0.15) is 0 Å². The highest BCUT2D eigenvalue weighted by atomic mass is 15.4. The highest BCUT2D eigenvalue weighted by molar-refractivity contribution is 5.79. The Bertz CT molecular complexity index is 950. The van der Waals surface area contributed by atoms with Crippen molar-refractivity contribution >= 4 is 23.0 Å². The second kappa shape index (κ2) is 5.73. The molecule has 4 aromatic rings. The van der Waals surface area contributed by atoms with Crippen LogP contribution in [0.2, 0.25) is 0 Å². The number of anilines is 3. The van der Waals surface area contributed by atoms with E-state index in [1.807, 2.05) is 48.9 Å². The first kappa shape index (κ1) is 14.3. The number of hydrogen-bond donors (Lipinski definition) is 2. The monoisotopic (exact) mass is 318 g/mol. The van der Waals surface area contributed by atoms with E-state index in [0.29, 0.717) is 5.78 Å². The van der Waals surface area contributed by atoms with Gasteiger partial charge in [0.05, 0.1) is 0 Å². The van der Waals surface area contributed by atoms with E-state index in [2.05, 4.69) is 49.5 Å². The van der Waals surface area contributed by atoms with Crippen molar-refractivity contribution < 1.29 is 0 Å². The van der Waals surface area contributed by atoms with Crippen LogP contribution < -0.4 is 10.2 Å². The average Bonchev–Trinajstić information content (AvgIpc) is 3.19. The lowest BCUT2D eigenvalue weighted by Crippen LogP contribution is -2.08. The van der Waals surface area contributed by atoms with Crippen LogP contribution in [0.15, 0.2) is 60.9 Å². The highest BCUT2D eigenvalue weighted by Crippen LogP contribution is 2.31. The molecule has 0 spiro atoms. The molecule has 0 aliphatic carbocycles. The Morgan fingerprint density at radius 1 is 1.00 bits per heavy atom. The molecular weight excluding hydrogens is 300 g/mol. The van der Waals surface area contributed by atoms with Crippen molar-refractivity contribution in [3.8, 4) is 11.3 Å². The van der Waals surface area contributed by atoms with Gasteiger partial charge in [0.25, 0.3) is 5.78 Å². The van der Waals surface area contributed by atoms with E-state index in [9.17, 15) is 0 Å². The Balaban J connectivity index is 1.80. The van der Waals surface area contributed by atoms with Gasteiger partial charge in [-0.25, -0.2) is 14.5 Å². The van der Waals surface area contributed by atoms with Gasteiger partial charge in [0.2, 0.25) is 0 Å². The number of aromatic nitrogens is 4. The first-order chi connectivity index (χ1) is 11.7. The summed E-state index contributed by atoms with van der Waals surface area (Å²) in [6.07, 6.45) is 1.64. The molecule has 0 saturated carbocycles. The number of rotatable bonds is 4. The lowest BCUT2D eigenvalue weighted by molar-refractivity contribution is 0.980. The molecule has 0 aliphatic rings. The van der Waals surface area contributed by atoms with Crippen molar-refractivity contribution in [3.63, 3.8) is 0 Å². The Labute approximate surface area is 139 Å². The van der Waals surface area contributed by atoms with E-state index >= 15 is 0 Å². The molecule has 2 heterocycles. The number of para-hydroxylation sites is 1. The van der Waals surface area contributed by atoms with Crippen molar-refractivity contribution in [2.75, 3.05) is 24.3 Å². The van der Waals surface area contributed by atoms with E-state index in [-0.39, 0.29) is 0 Å². The average molecular weight is 318 g/mol. The predicted molar refractivity (Wildman–Crippen MR) is 96.8 cm³/mol. The van der Waals surface area contributed by atoms with Crippen LogP contribution in [0.5, 0.6) is 0 Å². The number of benzene rings is 2. The second-order valence-corrected chi connectivity index (χ2v) is 5.76. The standard InChI is InChI=1S/C18H18N6/c1-23(2)15-10-8-13(9-11-15)16-17(21-14-6-4-3-5-7-14)24-18(22-16)19-12-20-24/h3-12,21H,1-2H3,(H,19,20,22). The summed E-state index contributed by atoms with van der Waals surface area (Å²) in [5, 5.41) is 6.54. The minimum atomic E-state index is 0.639. The van der Waals surface area contributed by atoms with Crippen molar-refractivity contribution in [2.24, 2.45) is 0 Å². The molecule has 2 N–H and O–H groups in total. The van der Waals surface area contributed by atoms with Crippen LogP contribution in [-0.4, -0.2) is 33.7 Å². The van der Waals surface area contributed by atoms with Gasteiger partial charge in [-0.05, 0) is 24.3 Å². The summed E-state index contributed by atoms with van der Waals surface area (Å²) >= 11 is 0. The number of nitrogens with one attached hydrogen (secondary N) is 2. The van der Waals surface area contributed by atoms with Crippen LogP contribution in [0.25, 0.3) is 17.0 Å². The summed E-state index contributed by atoms with van der Waals surface area (Å²) in [5.74, 6) is 1.51. The zero-order valence-corrected chi connectivity index (χ0v) is 13.6. The van der Waals surface area contributed by atoms with Crippen LogP contribution in [0.4, 0.5) is 17.2 Å². The zero-order chi connectivity index (χ0) is 16.5. The van der Waals surface area contributed by atoms with Crippen molar-refractivity contribution in [1.82, 2.24) is 19.6 Å². The summed E-state index contributed by atoms with van der Waals surface area (Å²) in [5.41, 5.74) is 4.06. The first-order valence-corrected chi connectivity index (χ1v) is 7.74. The third-order valence-electron chi connectivity index (χ3n) is 3.92. The summed E-state index contributed by atoms with van der Waals surface area (Å²) in [4.78, 5) is 11.0. The second-order valence-electron chi connectivity index (χ2n) is 5.76. The fourth-order valence-corrected chi connectivity index (χ4v) is 2.65. The van der Waals surface area contributed by atoms with Crippen LogP contribution in [0, 0.1) is 0 Å². The maximum Gasteiger partial charge on any atom is 0.252 e. The minimum absolute atomic E-state index is 0.639. The normalized spacial score (nSPS) is 10.9. The third-order valence-corrected chi connectivity index (χ3v) is 3.92. The molecule has 4 rings (SSSR count). The molecule has 2 aromatic carbocycles. The van der Waals surface area contributed by atoms with E-state index in [1.165, 1.54) is 0 Å². The highest BCUT2D eigenvalue weighted by Gasteiger charge is 2.16. The van der Waals surface area contributed by atoms with Gasteiger partial charge in [0, 0.05) is 31.0 Å². The number of fused-ring (bicyclic) bond motifs is 1. The quantitative estimate of drug-likeness (QED) is 0.604. The third kappa shape index (κ3) is 2.48. The van der Waals surface area contributed by atoms with E-state index in [4.69, 9.17) is 0 Å². The van der Waals surface area contributed by atoms with Gasteiger partial charge >= 0.3 is 0 Å². The lowest BCUT2D eigenvalue weighted by atomic mass is 10.1. The molecule has 0 unspecified atom stereocenters. The van der Waals surface area contributed by atoms with Crippen LogP contribution >= 0.6 is 0 Å². The van der Waals surface area contributed by atoms with Crippen molar-refractivity contribution in [2.45, 2.75) is 0 Å². The summed E-state index contributed by atoms with van der Waals surface area (Å²) in [7, 11) is 4.06. The molecule has 6 nitrogen and oxygen atoms in total. The fraction of sp³-hybridized carbons (Fsp3) is 0.111. The van der Waals surface area contributed by atoms with Gasteiger partial charge in [-0.2, -0.15) is 0 Å². The number of aromatic amines is 1. The lowest BCUT2D eigenvalue weighted by Gasteiger charge is -2.13. The fourth-order valence-electron chi connectivity index (χ4n) is 2.65. The molecule has 0 fully saturated rings. The smallest absolute Gasteiger partial charge is 0.252 e. The van der Waals surface area contributed by atoms with Crippen molar-refractivity contribution in [3.05, 3.63) is 60.9 Å². The number of H-pyrrole nitrogens is 1. The predicted octanol–water partition coefficient (Wildman–Crippen LogP) is 3.53. The van der Waals surface area contributed by atoms with Gasteiger partial charge in [-0.1, -0.05) is 30.3 Å². The van der Waals surface area contributed by atoms with Gasteiger partial charge < -0.3 is 10.2 Å². The van der Waals surface area contributed by atoms with Gasteiger partial charge in [-0.15, -0.1) is 0 Å². The molecule has 24 heavy (non-hydrogen) atoms. The molecule has 0 bridgehead atoms. The topological polar surface area (TPSA) is 61.2 Å². The Morgan fingerprint density at radius 3 is 2.46 bits per heavy atom. The molecule has 0 amide bonds. The first-order valence-electron chi connectivity index (χ1n) is 7.74. The molecule has 0 aliphatic heterocycles. The van der Waals surface area contributed by atoms with E-state index < -0.39 is 0 Å². The zero-order valence-electron chi connectivity index (χ0n) is 13.6. The molecular formula is C18H18N6. The molecule has 0 saturated heterocycles. The van der Waals surface area contributed by atoms with Crippen LogP contribution in [0.3, 0.4) is 0 Å². The Kier molecular flexibility index (Phi) is 3.42. The largest absolute Gasteiger partial charge is 0.378 e. The maximum atomic E-state index is 4.66. The van der Waals surface area contributed by atoms with E-state index in [0.717, 1.165) is 28.5 Å².